The van der Waals surface area contributed by atoms with Gasteiger partial charge in [-0.15, -0.1) is 0 Å². The van der Waals surface area contributed by atoms with Gasteiger partial charge in [-0.2, -0.15) is 5.41 Å². The summed E-state index contributed by atoms with van der Waals surface area (Å²) in [4.78, 5) is 0. The van der Waals surface area contributed by atoms with Gasteiger partial charge < -0.3 is 17.1 Å². The van der Waals surface area contributed by atoms with Crippen LogP contribution < -0.4 is 0 Å². The van der Waals surface area contributed by atoms with Gasteiger partial charge in [0.05, 0.1) is 0 Å². The molecule has 0 aromatic rings. The van der Waals surface area contributed by atoms with Crippen molar-refractivity contribution in [3.8, 4) is 4.20 Å². The van der Waals surface area contributed by atoms with Crippen LogP contribution >= 0.6 is 0 Å². The summed E-state index contributed by atoms with van der Waals surface area (Å²) in [6, 6.07) is 0. The van der Waals surface area contributed by atoms with E-state index in [4.69, 9.17) is 14.6 Å². The molecule has 0 rings (SSSR count). The first-order chi connectivity index (χ1) is 9.02. The Labute approximate surface area is 145 Å². The number of hydrogen-bond donors (Lipinski definition) is 2. The van der Waals surface area contributed by atoms with Crippen LogP contribution in [0.15, 0.2) is 0 Å². The zero-order chi connectivity index (χ0) is 18.3. The molecule has 3 nitrogen and oxygen atoms in total. The molecule has 21 heavy (non-hydrogen) atoms. The van der Waals surface area contributed by atoms with Gasteiger partial charge in [-0.25, -0.2) is 0 Å². The molecule has 0 heterocycles. The van der Waals surface area contributed by atoms with Gasteiger partial charge in [-0.3, -0.25) is 0 Å². The third kappa shape index (κ3) is 229. The Hall–Kier alpha value is 0.565. The molecule has 0 radical (unpaired) electrons. The van der Waals surface area contributed by atoms with E-state index in [1.807, 2.05) is 0 Å². The van der Waals surface area contributed by atoms with Crippen LogP contribution in [-0.2, 0) is 23.6 Å². The molecular weight excluding hydrogens is 452 g/mol. The Morgan fingerprint density at radius 2 is 1.24 bits per heavy atom. The van der Waals surface area contributed by atoms with Gasteiger partial charge in [0.25, 0.3) is 0 Å². The minimum atomic E-state index is -1.23. The van der Waals surface area contributed by atoms with E-state index < -0.39 is 8.32 Å². The quantitative estimate of drug-likeness (QED) is 0.455. The number of aliphatic hydroxyl groups excluding tert-OH is 2. The molecule has 0 aliphatic rings. The molecule has 0 saturated heterocycles. The van der Waals surface area contributed by atoms with Crippen LogP contribution in [0.2, 0.25) is 19.6 Å². The Bertz CT molecular complexity index is 218. The van der Waals surface area contributed by atoms with E-state index >= 15 is 0 Å². The molecule has 0 aromatic carbocycles. The van der Waals surface area contributed by atoms with E-state index in [2.05, 4.69) is 51.5 Å². The Morgan fingerprint density at radius 3 is 1.29 bits per heavy atom. The Balaban J connectivity index is -0.0000000970. The molecule has 0 saturated carbocycles. The van der Waals surface area contributed by atoms with Gasteiger partial charge in [-0.05, 0) is 27.7 Å². The second kappa shape index (κ2) is 16.9. The van der Waals surface area contributed by atoms with Crippen LogP contribution in [0.25, 0.3) is 0 Å². The van der Waals surface area contributed by atoms with Crippen molar-refractivity contribution in [2.24, 2.45) is 5.41 Å². The van der Waals surface area contributed by atoms with Crippen LogP contribution in [-0.4, -0.2) is 37.3 Å². The third-order valence-electron chi connectivity index (χ3n) is 0.564. The van der Waals surface area contributed by atoms with Crippen LogP contribution in [0.5, 0.6) is 0 Å². The minimum Gasteiger partial charge on any atom is -0.338 e. The predicted molar refractivity (Wildman–Crippen MR) is 92.7 cm³/mol. The summed E-state index contributed by atoms with van der Waals surface area (Å²) in [6.07, 6.45) is -0.333. The molecule has 0 atom stereocenters. The Morgan fingerprint density at radius 1 is 1.05 bits per heavy atom. The van der Waals surface area contributed by atoms with E-state index in [9.17, 15) is 0 Å². The zero-order valence-electron chi connectivity index (χ0n) is 15.8. The topological polar surface area (TPSA) is 49.7 Å². The summed E-state index contributed by atoms with van der Waals surface area (Å²) in [5.74, 6) is 0. The fraction of sp³-hybridized carbons (Fsp3) is 0.875. The zero-order valence-corrected chi connectivity index (χ0v) is 19.7. The maximum Gasteiger partial charge on any atom is -0.0878 e. The van der Waals surface area contributed by atoms with Crippen LogP contribution in [0.1, 0.15) is 48.5 Å². The first-order valence-corrected chi connectivity index (χ1v) is 12.1. The first kappa shape index (κ1) is 29.6. The van der Waals surface area contributed by atoms with Crippen molar-refractivity contribution >= 4 is 8.32 Å². The molecule has 0 unspecified atom stereocenters. The maximum absolute atomic E-state index is 8.06. The van der Waals surface area contributed by atoms with E-state index in [1.54, 1.807) is 27.7 Å². The summed E-state index contributed by atoms with van der Waals surface area (Å²) in [6.45, 7) is 24.2. The molecule has 0 aromatic heterocycles. The van der Waals surface area contributed by atoms with Crippen molar-refractivity contribution in [2.75, 3.05) is 6.61 Å². The predicted octanol–water partition coefficient (Wildman–Crippen LogP) is 3.98. The number of rotatable bonds is 2. The largest absolute Gasteiger partial charge is 0.338 e. The van der Waals surface area contributed by atoms with E-state index in [1.165, 1.54) is 19.2 Å². The number of aliphatic hydroxyl groups is 2. The van der Waals surface area contributed by atoms with Crippen molar-refractivity contribution < 1.29 is 33.8 Å². The molecule has 130 valence electrons. The summed E-state index contributed by atoms with van der Waals surface area (Å²) in [5.41, 5.74) is 0.250. The molecule has 2 N–H and O–H groups in total. The standard InChI is InChI=1S/C5H11OSi.C5H11.2C3H8O.W/c1-5-6-7(2,3)4;1-5(2,3)4;2*1-3(2)4;/h5H2,2-4H3;1H2,2-4H3;2*3-4H,1-2H3;/q;-1;;;+1. The average molecular weight is 490 g/mol. The van der Waals surface area contributed by atoms with Crippen molar-refractivity contribution in [3.05, 3.63) is 6.92 Å². The van der Waals surface area contributed by atoms with E-state index in [-0.39, 0.29) is 17.6 Å². The van der Waals surface area contributed by atoms with Gasteiger partial charge in [0.1, 0.15) is 0 Å². The van der Waals surface area contributed by atoms with E-state index in [0.29, 0.717) is 0 Å². The van der Waals surface area contributed by atoms with Gasteiger partial charge in [0, 0.05) is 12.2 Å². The normalized spacial score (nSPS) is 10.4. The minimum absolute atomic E-state index is 0.167. The molecule has 0 aliphatic carbocycles. The smallest absolute Gasteiger partial charge is 0.0878 e. The first-order valence-electron chi connectivity index (χ1n) is 7.23. The fourth-order valence-corrected chi connectivity index (χ4v) is 1.37. The number of hydrogen-bond acceptors (Lipinski definition) is 3. The summed E-state index contributed by atoms with van der Waals surface area (Å²) >= 11 is 1.37. The fourth-order valence-electron chi connectivity index (χ4n) is 0.246. The monoisotopic (exact) mass is 490 g/mol. The van der Waals surface area contributed by atoms with Gasteiger partial charge in [0.15, 0.2) is 0 Å². The van der Waals surface area contributed by atoms with Crippen molar-refractivity contribution in [2.45, 2.75) is 80.3 Å². The van der Waals surface area contributed by atoms with Gasteiger partial charge >= 0.3 is 62.3 Å². The van der Waals surface area contributed by atoms with Gasteiger partial charge in [0.2, 0.25) is 0 Å². The summed E-state index contributed by atoms with van der Waals surface area (Å²) in [5, 5.41) is 16.1. The molecule has 5 heteroatoms. The molecule has 0 amide bonds. The van der Waals surface area contributed by atoms with Crippen molar-refractivity contribution in [3.63, 3.8) is 0 Å². The average Bonchev–Trinajstić information content (AvgIpc) is 2.08. The molecule has 0 aliphatic heterocycles. The third-order valence-corrected chi connectivity index (χ3v) is 2.00. The second-order valence-electron chi connectivity index (χ2n) is 7.29. The SMILES string of the molecule is CC(C)O.CC(C)O.C[Si](C)(C)OC[C]#[W+].[CH2-]C(C)(C)C. The summed E-state index contributed by atoms with van der Waals surface area (Å²) in [7, 11) is -1.23. The Kier molecular flexibility index (Phi) is 23.8. The van der Waals surface area contributed by atoms with Crippen molar-refractivity contribution in [1.29, 1.82) is 0 Å². The van der Waals surface area contributed by atoms with Crippen LogP contribution in [0, 0.1) is 16.5 Å². The van der Waals surface area contributed by atoms with Gasteiger partial charge in [-0.1, -0.05) is 20.8 Å². The van der Waals surface area contributed by atoms with Crippen LogP contribution in [0.3, 0.4) is 0 Å². The summed E-state index contributed by atoms with van der Waals surface area (Å²) < 4.78 is 8.45. The van der Waals surface area contributed by atoms with E-state index in [0.717, 1.165) is 6.61 Å². The van der Waals surface area contributed by atoms with Crippen LogP contribution in [0.4, 0.5) is 0 Å². The molecular formula is C16H38O3SiW. The molecule has 0 bridgehead atoms. The van der Waals surface area contributed by atoms with Crippen molar-refractivity contribution in [1.82, 2.24) is 0 Å². The maximum atomic E-state index is 8.06. The second-order valence-corrected chi connectivity index (χ2v) is 12.8. The molecule has 0 fully saturated rings. The molecule has 0 spiro atoms.